The number of carbonyl (C=O) groups is 1. The monoisotopic (exact) mass is 251 g/mol. The summed E-state index contributed by atoms with van der Waals surface area (Å²) in [5, 5.41) is 9.35. The van der Waals surface area contributed by atoms with Crippen LogP contribution >= 0.6 is 0 Å². The van der Waals surface area contributed by atoms with Crippen LogP contribution < -0.4 is 4.90 Å². The lowest BCUT2D eigenvalue weighted by atomic mass is 9.82. The van der Waals surface area contributed by atoms with Gasteiger partial charge in [-0.15, -0.1) is 0 Å². The highest BCUT2D eigenvalue weighted by Gasteiger charge is 2.44. The fraction of sp³-hybridized carbons (Fsp3) is 0.500. The van der Waals surface area contributed by atoms with Crippen molar-refractivity contribution in [2.75, 3.05) is 11.4 Å². The maximum Gasteiger partial charge on any atom is 0.311 e. The zero-order valence-electron chi connectivity index (χ0n) is 10.9. The van der Waals surface area contributed by atoms with Gasteiger partial charge in [-0.25, -0.2) is 4.39 Å². The van der Waals surface area contributed by atoms with Gasteiger partial charge in [-0.05, 0) is 51.0 Å². The lowest BCUT2D eigenvalue weighted by Crippen LogP contribution is -2.47. The molecule has 18 heavy (non-hydrogen) atoms. The average molecular weight is 251 g/mol. The maximum atomic E-state index is 13.2. The summed E-state index contributed by atoms with van der Waals surface area (Å²) in [5.41, 5.74) is 1.00. The maximum absolute atomic E-state index is 13.2. The molecule has 1 aromatic carbocycles. The summed E-state index contributed by atoms with van der Waals surface area (Å²) in [6.07, 6.45) is 0.584. The van der Waals surface area contributed by atoms with Crippen molar-refractivity contribution in [3.8, 4) is 0 Å². The van der Waals surface area contributed by atoms with Crippen molar-refractivity contribution in [1.82, 2.24) is 0 Å². The van der Waals surface area contributed by atoms with Crippen LogP contribution in [0.3, 0.4) is 0 Å². The van der Waals surface area contributed by atoms with E-state index in [1.807, 2.05) is 6.92 Å². The molecular weight excluding hydrogens is 233 g/mol. The van der Waals surface area contributed by atoms with E-state index in [0.717, 1.165) is 17.8 Å². The van der Waals surface area contributed by atoms with Gasteiger partial charge < -0.3 is 10.0 Å². The molecule has 1 aliphatic heterocycles. The first kappa shape index (κ1) is 12.9. The predicted molar refractivity (Wildman–Crippen MR) is 68.3 cm³/mol. The number of hydrogen-bond donors (Lipinski definition) is 1. The van der Waals surface area contributed by atoms with Crippen molar-refractivity contribution in [3.05, 3.63) is 29.6 Å². The van der Waals surface area contributed by atoms with Gasteiger partial charge >= 0.3 is 5.97 Å². The first-order valence-electron chi connectivity index (χ1n) is 6.16. The van der Waals surface area contributed by atoms with Gasteiger partial charge in [0.25, 0.3) is 0 Å². The lowest BCUT2D eigenvalue weighted by molar-refractivity contribution is -0.148. The number of benzene rings is 1. The van der Waals surface area contributed by atoms with E-state index in [9.17, 15) is 14.3 Å². The van der Waals surface area contributed by atoms with E-state index < -0.39 is 11.4 Å². The molecule has 0 fully saturated rings. The number of anilines is 1. The zero-order valence-corrected chi connectivity index (χ0v) is 10.9. The summed E-state index contributed by atoms with van der Waals surface area (Å²) >= 11 is 0. The number of carboxylic acid groups (broad SMARTS) is 1. The van der Waals surface area contributed by atoms with Crippen molar-refractivity contribution < 1.29 is 14.3 Å². The van der Waals surface area contributed by atoms with E-state index >= 15 is 0 Å². The fourth-order valence-corrected chi connectivity index (χ4v) is 2.66. The van der Waals surface area contributed by atoms with Gasteiger partial charge in [0.2, 0.25) is 0 Å². The number of aliphatic carboxylic acids is 1. The van der Waals surface area contributed by atoms with Crippen LogP contribution in [0.5, 0.6) is 0 Å². The Morgan fingerprint density at radius 2 is 2.22 bits per heavy atom. The number of fused-ring (bicyclic) bond motifs is 1. The summed E-state index contributed by atoms with van der Waals surface area (Å²) in [6.45, 7) is 6.17. The van der Waals surface area contributed by atoms with Gasteiger partial charge in [-0.3, -0.25) is 4.79 Å². The third kappa shape index (κ3) is 1.85. The summed E-state index contributed by atoms with van der Waals surface area (Å²) in [6, 6.07) is 4.55. The van der Waals surface area contributed by atoms with Crippen molar-refractivity contribution in [3.63, 3.8) is 0 Å². The lowest BCUT2D eigenvalue weighted by Gasteiger charge is -2.35. The normalized spacial score (nSPS) is 18.9. The smallest absolute Gasteiger partial charge is 0.311 e. The van der Waals surface area contributed by atoms with E-state index in [-0.39, 0.29) is 11.9 Å². The third-order valence-corrected chi connectivity index (χ3v) is 3.87. The molecule has 1 heterocycles. The largest absolute Gasteiger partial charge is 0.481 e. The van der Waals surface area contributed by atoms with E-state index in [4.69, 9.17) is 0 Å². The van der Waals surface area contributed by atoms with E-state index in [2.05, 4.69) is 4.90 Å². The van der Waals surface area contributed by atoms with E-state index in [1.165, 1.54) is 12.1 Å². The highest BCUT2D eigenvalue weighted by Crippen LogP contribution is 2.40. The van der Waals surface area contributed by atoms with Crippen LogP contribution in [0.4, 0.5) is 10.1 Å². The molecule has 0 radical (unpaired) electrons. The third-order valence-electron chi connectivity index (χ3n) is 3.87. The Labute approximate surface area is 106 Å². The Morgan fingerprint density at radius 1 is 1.56 bits per heavy atom. The van der Waals surface area contributed by atoms with Crippen molar-refractivity contribution in [2.24, 2.45) is 5.41 Å². The zero-order chi connectivity index (χ0) is 13.5. The van der Waals surface area contributed by atoms with Crippen LogP contribution in [-0.4, -0.2) is 23.7 Å². The molecule has 1 unspecified atom stereocenters. The molecule has 0 aliphatic carbocycles. The van der Waals surface area contributed by atoms with Crippen LogP contribution in [-0.2, 0) is 11.2 Å². The van der Waals surface area contributed by atoms with Gasteiger partial charge in [0, 0.05) is 18.3 Å². The number of carboxylic acids is 1. The summed E-state index contributed by atoms with van der Waals surface area (Å²) < 4.78 is 13.2. The molecule has 1 atom stereocenters. The van der Waals surface area contributed by atoms with Crippen LogP contribution in [0.15, 0.2) is 18.2 Å². The Balaban J connectivity index is 2.41. The second-order valence-corrected chi connectivity index (χ2v) is 5.31. The first-order valence-corrected chi connectivity index (χ1v) is 6.16. The minimum atomic E-state index is -0.856. The predicted octanol–water partition coefficient (Wildman–Crippen LogP) is 2.69. The SMILES string of the molecule is CCN1c2ccc(F)cc2CC1C(C)(C)C(=O)O. The molecule has 4 heteroatoms. The quantitative estimate of drug-likeness (QED) is 0.898. The van der Waals surface area contributed by atoms with Gasteiger partial charge in [-0.1, -0.05) is 0 Å². The van der Waals surface area contributed by atoms with Gasteiger partial charge in [-0.2, -0.15) is 0 Å². The Hall–Kier alpha value is -1.58. The number of rotatable bonds is 3. The number of hydrogen-bond acceptors (Lipinski definition) is 2. The molecule has 3 nitrogen and oxygen atoms in total. The summed E-state index contributed by atoms with van der Waals surface area (Å²) in [4.78, 5) is 13.4. The van der Waals surface area contributed by atoms with Gasteiger partial charge in [0.1, 0.15) is 5.82 Å². The van der Waals surface area contributed by atoms with E-state index in [1.54, 1.807) is 19.9 Å². The van der Waals surface area contributed by atoms with Crippen molar-refractivity contribution in [2.45, 2.75) is 33.2 Å². The molecule has 2 rings (SSSR count). The van der Waals surface area contributed by atoms with Crippen LogP contribution in [0.25, 0.3) is 0 Å². The molecule has 0 aromatic heterocycles. The molecule has 0 bridgehead atoms. The molecule has 0 saturated carbocycles. The molecule has 98 valence electrons. The first-order chi connectivity index (χ1) is 8.37. The molecule has 1 N–H and O–H groups in total. The molecule has 0 spiro atoms. The topological polar surface area (TPSA) is 40.5 Å². The fourth-order valence-electron chi connectivity index (χ4n) is 2.66. The second-order valence-electron chi connectivity index (χ2n) is 5.31. The van der Waals surface area contributed by atoms with E-state index in [0.29, 0.717) is 6.42 Å². The molecule has 0 saturated heterocycles. The van der Waals surface area contributed by atoms with Crippen molar-refractivity contribution in [1.29, 1.82) is 0 Å². The molecule has 1 aliphatic rings. The second kappa shape index (κ2) is 4.26. The Kier molecular flexibility index (Phi) is 3.05. The molecule has 1 aromatic rings. The Morgan fingerprint density at radius 3 is 2.78 bits per heavy atom. The molecular formula is C14H18FNO2. The standard InChI is InChI=1S/C14H18FNO2/c1-4-16-11-6-5-10(15)7-9(11)8-12(16)14(2,3)13(17)18/h5-7,12H,4,8H2,1-3H3,(H,17,18). The summed E-state index contributed by atoms with van der Waals surface area (Å²) in [7, 11) is 0. The van der Waals surface area contributed by atoms with Gasteiger partial charge in [0.15, 0.2) is 0 Å². The number of halogens is 1. The van der Waals surface area contributed by atoms with Gasteiger partial charge in [0.05, 0.1) is 5.41 Å². The van der Waals surface area contributed by atoms with Crippen LogP contribution in [0.1, 0.15) is 26.3 Å². The Bertz CT molecular complexity index is 485. The average Bonchev–Trinajstić information content (AvgIpc) is 2.66. The minimum absolute atomic E-state index is 0.128. The van der Waals surface area contributed by atoms with Crippen LogP contribution in [0, 0.1) is 11.2 Å². The number of likely N-dealkylation sites (N-methyl/N-ethyl adjacent to an activating group) is 1. The van der Waals surface area contributed by atoms with Crippen molar-refractivity contribution >= 4 is 11.7 Å². The minimum Gasteiger partial charge on any atom is -0.481 e. The summed E-state index contributed by atoms with van der Waals surface area (Å²) in [5.74, 6) is -1.09. The number of nitrogens with zero attached hydrogens (tertiary/aromatic N) is 1. The highest BCUT2D eigenvalue weighted by molar-refractivity contribution is 5.77. The van der Waals surface area contributed by atoms with Crippen LogP contribution in [0.2, 0.25) is 0 Å². The molecule has 0 amide bonds. The highest BCUT2D eigenvalue weighted by atomic mass is 19.1.